The lowest BCUT2D eigenvalue weighted by atomic mass is 10.2. The molecule has 6 heteroatoms. The molecule has 5 nitrogen and oxygen atoms in total. The number of nitrogens with one attached hydrogen (secondary N) is 2. The second-order valence-corrected chi connectivity index (χ2v) is 6.27. The third-order valence-corrected chi connectivity index (χ3v) is 3.89. The molecule has 0 saturated heterocycles. The Labute approximate surface area is 150 Å². The summed E-state index contributed by atoms with van der Waals surface area (Å²) in [6.07, 6.45) is 1.56. The highest BCUT2D eigenvalue weighted by molar-refractivity contribution is 9.10. The Bertz CT molecular complexity index is 730. The molecule has 2 aromatic rings. The van der Waals surface area contributed by atoms with E-state index in [1.807, 2.05) is 49.4 Å². The number of aryl methyl sites for hydroxylation is 1. The van der Waals surface area contributed by atoms with Crippen LogP contribution in [-0.2, 0) is 4.79 Å². The molecule has 2 aromatic carbocycles. The summed E-state index contributed by atoms with van der Waals surface area (Å²) < 4.78 is 6.16. The quantitative estimate of drug-likeness (QED) is 0.584. The number of hydrogen-bond donors (Lipinski definition) is 2. The summed E-state index contributed by atoms with van der Waals surface area (Å²) in [6, 6.07) is 13.0. The fourth-order valence-electron chi connectivity index (χ4n) is 2.03. The first kappa shape index (κ1) is 18.0. The van der Waals surface area contributed by atoms with Gasteiger partial charge in [-0.05, 0) is 44.2 Å². The fourth-order valence-corrected chi connectivity index (χ4v) is 2.41. The van der Waals surface area contributed by atoms with Gasteiger partial charge >= 0.3 is 0 Å². The smallest absolute Gasteiger partial charge is 0.262 e. The summed E-state index contributed by atoms with van der Waals surface area (Å²) in [7, 11) is 1.59. The summed E-state index contributed by atoms with van der Waals surface area (Å²) in [4.78, 5) is 12.1. The molecule has 24 heavy (non-hydrogen) atoms. The predicted molar refractivity (Wildman–Crippen MR) is 101 cm³/mol. The van der Waals surface area contributed by atoms with Crippen molar-refractivity contribution in [2.75, 3.05) is 12.4 Å². The van der Waals surface area contributed by atoms with Gasteiger partial charge in [-0.15, -0.1) is 0 Å². The number of amides is 1. The van der Waals surface area contributed by atoms with Crippen molar-refractivity contribution in [2.45, 2.75) is 19.9 Å². The van der Waals surface area contributed by atoms with Gasteiger partial charge in [0.1, 0.15) is 11.8 Å². The van der Waals surface area contributed by atoms with Gasteiger partial charge in [-0.3, -0.25) is 4.79 Å². The van der Waals surface area contributed by atoms with Crippen molar-refractivity contribution < 1.29 is 9.53 Å². The Kier molecular flexibility index (Phi) is 6.37. The van der Waals surface area contributed by atoms with E-state index in [2.05, 4.69) is 31.8 Å². The lowest BCUT2D eigenvalue weighted by Gasteiger charge is -2.13. The van der Waals surface area contributed by atoms with E-state index >= 15 is 0 Å². The number of carbonyl (C=O) groups excluding carboxylic acids is 1. The van der Waals surface area contributed by atoms with Crippen LogP contribution in [0, 0.1) is 6.92 Å². The molecular formula is C18H20BrN3O2. The molecule has 0 fully saturated rings. The average molecular weight is 390 g/mol. The molecule has 0 radical (unpaired) electrons. The van der Waals surface area contributed by atoms with Crippen LogP contribution in [0.2, 0.25) is 0 Å². The first-order valence-corrected chi connectivity index (χ1v) is 8.28. The van der Waals surface area contributed by atoms with Crippen LogP contribution in [0.4, 0.5) is 5.69 Å². The van der Waals surface area contributed by atoms with Crippen LogP contribution in [-0.4, -0.2) is 25.3 Å². The van der Waals surface area contributed by atoms with Crippen LogP contribution in [0.1, 0.15) is 18.1 Å². The van der Waals surface area contributed by atoms with E-state index in [4.69, 9.17) is 4.74 Å². The maximum atomic E-state index is 12.1. The first-order valence-electron chi connectivity index (χ1n) is 7.49. The molecule has 2 rings (SSSR count). The van der Waals surface area contributed by atoms with Crippen LogP contribution in [0.15, 0.2) is 52.0 Å². The number of ether oxygens (including phenoxy) is 1. The van der Waals surface area contributed by atoms with Crippen LogP contribution in [0.5, 0.6) is 5.75 Å². The molecule has 0 heterocycles. The summed E-state index contributed by atoms with van der Waals surface area (Å²) in [6.45, 7) is 3.80. The molecule has 1 amide bonds. The van der Waals surface area contributed by atoms with Crippen molar-refractivity contribution in [3.63, 3.8) is 0 Å². The number of methoxy groups -OCH3 is 1. The van der Waals surface area contributed by atoms with Crippen molar-refractivity contribution in [1.82, 2.24) is 5.43 Å². The van der Waals surface area contributed by atoms with Crippen LogP contribution >= 0.6 is 15.9 Å². The van der Waals surface area contributed by atoms with E-state index in [0.717, 1.165) is 15.7 Å². The number of anilines is 1. The Hall–Kier alpha value is -2.34. The number of halogens is 1. The molecule has 0 aliphatic rings. The third-order valence-electron chi connectivity index (χ3n) is 3.40. The van der Waals surface area contributed by atoms with Crippen LogP contribution in [0.25, 0.3) is 0 Å². The number of nitrogens with zero attached hydrogens (tertiary/aromatic N) is 1. The van der Waals surface area contributed by atoms with Gasteiger partial charge in [0.05, 0.1) is 13.3 Å². The zero-order valence-corrected chi connectivity index (χ0v) is 15.4. The van der Waals surface area contributed by atoms with Gasteiger partial charge in [0.2, 0.25) is 0 Å². The molecule has 2 N–H and O–H groups in total. The van der Waals surface area contributed by atoms with Gasteiger partial charge in [-0.1, -0.05) is 33.6 Å². The second kappa shape index (κ2) is 8.49. The summed E-state index contributed by atoms with van der Waals surface area (Å²) in [5.41, 5.74) is 5.36. The molecule has 0 aliphatic carbocycles. The van der Waals surface area contributed by atoms with E-state index < -0.39 is 6.04 Å². The zero-order valence-electron chi connectivity index (χ0n) is 13.8. The highest BCUT2D eigenvalue weighted by atomic mass is 79.9. The largest absolute Gasteiger partial charge is 0.496 e. The number of hydrazone groups is 1. The van der Waals surface area contributed by atoms with E-state index in [1.54, 1.807) is 20.2 Å². The molecule has 126 valence electrons. The minimum atomic E-state index is -0.408. The summed E-state index contributed by atoms with van der Waals surface area (Å²) >= 11 is 3.40. The van der Waals surface area contributed by atoms with Crippen LogP contribution < -0.4 is 15.5 Å². The minimum absolute atomic E-state index is 0.221. The van der Waals surface area contributed by atoms with Crippen molar-refractivity contribution in [3.05, 3.63) is 58.1 Å². The molecule has 0 unspecified atom stereocenters. The molecule has 1 atom stereocenters. The Morgan fingerprint density at radius 1 is 1.25 bits per heavy atom. The summed E-state index contributed by atoms with van der Waals surface area (Å²) in [5, 5.41) is 7.13. The predicted octanol–water partition coefficient (Wildman–Crippen LogP) is 3.72. The normalized spacial score (nSPS) is 12.0. The molecule has 0 aliphatic heterocycles. The van der Waals surface area contributed by atoms with E-state index in [0.29, 0.717) is 5.75 Å². The van der Waals surface area contributed by atoms with E-state index in [1.165, 1.54) is 5.56 Å². The van der Waals surface area contributed by atoms with Crippen LogP contribution in [0.3, 0.4) is 0 Å². The maximum Gasteiger partial charge on any atom is 0.262 e. The van der Waals surface area contributed by atoms with Crippen molar-refractivity contribution in [2.24, 2.45) is 5.10 Å². The number of benzene rings is 2. The number of hydrogen-bond acceptors (Lipinski definition) is 4. The Morgan fingerprint density at radius 3 is 2.62 bits per heavy atom. The van der Waals surface area contributed by atoms with Crippen molar-refractivity contribution >= 4 is 33.7 Å². The second-order valence-electron chi connectivity index (χ2n) is 5.35. The van der Waals surface area contributed by atoms with Gasteiger partial charge in [0.15, 0.2) is 0 Å². The maximum absolute atomic E-state index is 12.1. The zero-order chi connectivity index (χ0) is 17.5. The molecule has 0 spiro atoms. The Balaban J connectivity index is 1.94. The van der Waals surface area contributed by atoms with E-state index in [9.17, 15) is 4.79 Å². The van der Waals surface area contributed by atoms with Crippen molar-refractivity contribution in [1.29, 1.82) is 0 Å². The van der Waals surface area contributed by atoms with Crippen molar-refractivity contribution in [3.8, 4) is 5.75 Å². The molecule has 0 aromatic heterocycles. The van der Waals surface area contributed by atoms with Gasteiger partial charge in [0, 0.05) is 15.7 Å². The van der Waals surface area contributed by atoms with Gasteiger partial charge in [-0.2, -0.15) is 5.10 Å². The standard InChI is InChI=1S/C18H20BrN3O2/c1-12-4-7-16(8-5-12)21-13(2)18(23)22-20-11-14-10-15(19)6-9-17(14)24-3/h4-11,13,21H,1-3H3,(H,22,23)/b20-11-/t13-/m1/s1. The SMILES string of the molecule is COc1ccc(Br)cc1/C=N\NC(=O)[C@@H](C)Nc1ccc(C)cc1. The fraction of sp³-hybridized carbons (Fsp3) is 0.222. The number of carbonyl (C=O) groups is 1. The minimum Gasteiger partial charge on any atom is -0.496 e. The van der Waals surface area contributed by atoms with Gasteiger partial charge in [0.25, 0.3) is 5.91 Å². The number of rotatable bonds is 6. The van der Waals surface area contributed by atoms with Gasteiger partial charge < -0.3 is 10.1 Å². The topological polar surface area (TPSA) is 62.7 Å². The monoisotopic (exact) mass is 389 g/mol. The van der Waals surface area contributed by atoms with Gasteiger partial charge in [-0.25, -0.2) is 5.43 Å². The first-order chi connectivity index (χ1) is 11.5. The molecular weight excluding hydrogens is 370 g/mol. The highest BCUT2D eigenvalue weighted by Crippen LogP contribution is 2.21. The van der Waals surface area contributed by atoms with E-state index in [-0.39, 0.29) is 5.91 Å². The highest BCUT2D eigenvalue weighted by Gasteiger charge is 2.11. The lowest BCUT2D eigenvalue weighted by Crippen LogP contribution is -2.34. The molecule has 0 bridgehead atoms. The summed E-state index contributed by atoms with van der Waals surface area (Å²) in [5.74, 6) is 0.461. The average Bonchev–Trinajstić information content (AvgIpc) is 2.57. The Morgan fingerprint density at radius 2 is 1.96 bits per heavy atom. The third kappa shape index (κ3) is 5.09. The lowest BCUT2D eigenvalue weighted by molar-refractivity contribution is -0.121. The molecule has 0 saturated carbocycles.